The van der Waals surface area contributed by atoms with E-state index in [9.17, 15) is 23.3 Å². The van der Waals surface area contributed by atoms with Crippen molar-refractivity contribution in [3.05, 3.63) is 87.4 Å². The number of sulfonamides is 1. The van der Waals surface area contributed by atoms with Gasteiger partial charge in [0.2, 0.25) is 5.91 Å². The van der Waals surface area contributed by atoms with Gasteiger partial charge in [-0.25, -0.2) is 8.42 Å². The first-order chi connectivity index (χ1) is 15.6. The monoisotopic (exact) mass is 489 g/mol. The first-order valence-electron chi connectivity index (χ1n) is 9.59. The molecule has 0 aliphatic heterocycles. The third kappa shape index (κ3) is 5.41. The summed E-state index contributed by atoms with van der Waals surface area (Å²) in [6.45, 7) is 1.09. The fraction of sp³-hybridized carbons (Fsp3) is 0.136. The molecule has 0 aliphatic rings. The van der Waals surface area contributed by atoms with E-state index in [0.717, 1.165) is 10.4 Å². The summed E-state index contributed by atoms with van der Waals surface area (Å²) in [5, 5.41) is 14.0. The van der Waals surface area contributed by atoms with E-state index in [4.69, 9.17) is 16.3 Å². The number of carbonyl (C=O) groups excluding carboxylic acids is 1. The molecule has 9 nitrogen and oxygen atoms in total. The van der Waals surface area contributed by atoms with Gasteiger partial charge in [0.15, 0.2) is 0 Å². The summed E-state index contributed by atoms with van der Waals surface area (Å²) in [5.41, 5.74) is 0.599. The second-order valence-electron chi connectivity index (χ2n) is 6.95. The molecule has 0 aliphatic carbocycles. The Morgan fingerprint density at radius 3 is 2.42 bits per heavy atom. The molecule has 172 valence electrons. The minimum atomic E-state index is -4.12. The summed E-state index contributed by atoms with van der Waals surface area (Å²) >= 11 is 6.02. The zero-order chi connectivity index (χ0) is 24.2. The maximum Gasteiger partial charge on any atom is 0.271 e. The highest BCUT2D eigenvalue weighted by molar-refractivity contribution is 7.92. The van der Waals surface area contributed by atoms with Crippen molar-refractivity contribution in [2.75, 3.05) is 23.3 Å². The number of hydrogen-bond acceptors (Lipinski definition) is 6. The minimum absolute atomic E-state index is 0.0000736. The zero-order valence-electron chi connectivity index (χ0n) is 17.7. The van der Waals surface area contributed by atoms with Gasteiger partial charge in [0.05, 0.1) is 28.3 Å². The Balaban J connectivity index is 2.00. The maximum absolute atomic E-state index is 13.4. The van der Waals surface area contributed by atoms with Gasteiger partial charge in [-0.2, -0.15) is 0 Å². The van der Waals surface area contributed by atoms with Crippen molar-refractivity contribution in [2.24, 2.45) is 0 Å². The molecule has 3 aromatic carbocycles. The number of hydrogen-bond donors (Lipinski definition) is 1. The number of methoxy groups -OCH3 is 1. The second-order valence-corrected chi connectivity index (χ2v) is 9.24. The average Bonchev–Trinajstić information content (AvgIpc) is 2.78. The number of non-ortho nitro benzene ring substituents is 1. The molecule has 0 fully saturated rings. The average molecular weight is 490 g/mol. The van der Waals surface area contributed by atoms with Crippen LogP contribution in [0.4, 0.5) is 17.1 Å². The number of nitrogens with one attached hydrogen (secondary N) is 1. The van der Waals surface area contributed by atoms with Gasteiger partial charge in [-0.05, 0) is 48.9 Å². The van der Waals surface area contributed by atoms with Gasteiger partial charge in [-0.1, -0.05) is 29.8 Å². The Morgan fingerprint density at radius 1 is 1.12 bits per heavy atom. The van der Waals surface area contributed by atoms with Crippen molar-refractivity contribution in [1.82, 2.24) is 0 Å². The van der Waals surface area contributed by atoms with Crippen LogP contribution >= 0.6 is 11.6 Å². The smallest absolute Gasteiger partial charge is 0.271 e. The summed E-state index contributed by atoms with van der Waals surface area (Å²) in [4.78, 5) is 23.4. The summed E-state index contributed by atoms with van der Waals surface area (Å²) in [6, 6.07) is 16.0. The molecule has 3 rings (SSSR count). The summed E-state index contributed by atoms with van der Waals surface area (Å²) in [6.07, 6.45) is 0. The molecule has 0 heterocycles. The standard InChI is InChI=1S/C22H20ClN3O6S/c1-15-12-16(23)8-10-20(15)25(33(30,31)18-6-4-3-5-7-18)14-22(27)24-19-13-17(26(28)29)9-11-21(19)32-2/h3-13H,14H2,1-2H3,(H,24,27). The van der Waals surface area contributed by atoms with E-state index in [1.165, 1.54) is 43.5 Å². The van der Waals surface area contributed by atoms with Gasteiger partial charge in [0, 0.05) is 17.2 Å². The van der Waals surface area contributed by atoms with Crippen LogP contribution in [0.2, 0.25) is 5.02 Å². The van der Waals surface area contributed by atoms with Crippen LogP contribution in [-0.4, -0.2) is 32.9 Å². The van der Waals surface area contributed by atoms with E-state index in [-0.39, 0.29) is 27.7 Å². The zero-order valence-corrected chi connectivity index (χ0v) is 19.3. The van der Waals surface area contributed by atoms with Crippen molar-refractivity contribution >= 4 is 44.6 Å². The quantitative estimate of drug-likeness (QED) is 0.370. The van der Waals surface area contributed by atoms with E-state index < -0.39 is 27.4 Å². The number of rotatable bonds is 8. The van der Waals surface area contributed by atoms with Gasteiger partial charge in [0.1, 0.15) is 12.3 Å². The molecular formula is C22H20ClN3O6S. The van der Waals surface area contributed by atoms with Crippen LogP contribution in [0.25, 0.3) is 0 Å². The highest BCUT2D eigenvalue weighted by atomic mass is 35.5. The number of nitro groups is 1. The molecule has 0 spiro atoms. The van der Waals surface area contributed by atoms with Crippen LogP contribution in [0, 0.1) is 17.0 Å². The van der Waals surface area contributed by atoms with Crippen LogP contribution < -0.4 is 14.4 Å². The maximum atomic E-state index is 13.4. The Morgan fingerprint density at radius 2 is 1.82 bits per heavy atom. The van der Waals surface area contributed by atoms with Crippen LogP contribution in [0.1, 0.15) is 5.56 Å². The lowest BCUT2D eigenvalue weighted by Gasteiger charge is -2.26. The van der Waals surface area contributed by atoms with E-state index in [1.807, 2.05) is 0 Å². The molecule has 0 unspecified atom stereocenters. The minimum Gasteiger partial charge on any atom is -0.495 e. The number of nitro benzene ring substituents is 1. The molecule has 0 saturated carbocycles. The summed E-state index contributed by atoms with van der Waals surface area (Å²) in [5.74, 6) is -0.531. The molecular weight excluding hydrogens is 470 g/mol. The molecule has 0 radical (unpaired) electrons. The topological polar surface area (TPSA) is 119 Å². The normalized spacial score (nSPS) is 11.0. The predicted molar refractivity (Wildman–Crippen MR) is 125 cm³/mol. The highest BCUT2D eigenvalue weighted by Gasteiger charge is 2.28. The fourth-order valence-corrected chi connectivity index (χ4v) is 4.88. The van der Waals surface area contributed by atoms with Crippen LogP contribution in [0.15, 0.2) is 71.6 Å². The number of ether oxygens (including phenoxy) is 1. The van der Waals surface area contributed by atoms with Crippen molar-refractivity contribution in [3.8, 4) is 5.75 Å². The van der Waals surface area contributed by atoms with Crippen LogP contribution in [-0.2, 0) is 14.8 Å². The van der Waals surface area contributed by atoms with Gasteiger partial charge in [-0.15, -0.1) is 0 Å². The first-order valence-corrected chi connectivity index (χ1v) is 11.4. The largest absolute Gasteiger partial charge is 0.495 e. The molecule has 0 bridgehead atoms. The lowest BCUT2D eigenvalue weighted by Crippen LogP contribution is -2.38. The van der Waals surface area contributed by atoms with Gasteiger partial charge < -0.3 is 10.1 Å². The molecule has 0 atom stereocenters. The van der Waals surface area contributed by atoms with Crippen molar-refractivity contribution < 1.29 is 22.9 Å². The van der Waals surface area contributed by atoms with Crippen molar-refractivity contribution in [2.45, 2.75) is 11.8 Å². The molecule has 1 N–H and O–H groups in total. The third-order valence-electron chi connectivity index (χ3n) is 4.71. The first kappa shape index (κ1) is 24.0. The SMILES string of the molecule is COc1ccc([N+](=O)[O-])cc1NC(=O)CN(c1ccc(Cl)cc1C)S(=O)(=O)c1ccccc1. The Labute approximate surface area is 195 Å². The number of anilines is 2. The number of benzene rings is 3. The Kier molecular flexibility index (Phi) is 7.19. The molecule has 0 aromatic heterocycles. The second kappa shape index (κ2) is 9.88. The lowest BCUT2D eigenvalue weighted by molar-refractivity contribution is -0.384. The van der Waals surface area contributed by atoms with E-state index in [2.05, 4.69) is 5.32 Å². The van der Waals surface area contributed by atoms with Crippen LogP contribution in [0.5, 0.6) is 5.75 Å². The van der Waals surface area contributed by atoms with E-state index in [0.29, 0.717) is 10.6 Å². The third-order valence-corrected chi connectivity index (χ3v) is 6.72. The molecule has 11 heteroatoms. The summed E-state index contributed by atoms with van der Waals surface area (Å²) in [7, 11) is -2.78. The van der Waals surface area contributed by atoms with Gasteiger partial charge >= 0.3 is 0 Å². The number of halogens is 1. The van der Waals surface area contributed by atoms with E-state index in [1.54, 1.807) is 31.2 Å². The Bertz CT molecular complexity index is 1300. The number of amides is 1. The number of nitrogens with zero attached hydrogens (tertiary/aromatic N) is 2. The molecule has 1 amide bonds. The van der Waals surface area contributed by atoms with Gasteiger partial charge in [-0.3, -0.25) is 19.2 Å². The number of carbonyl (C=O) groups is 1. The fourth-order valence-electron chi connectivity index (χ4n) is 3.15. The predicted octanol–water partition coefficient (Wildman–Crippen LogP) is 4.40. The van der Waals surface area contributed by atoms with Crippen LogP contribution in [0.3, 0.4) is 0 Å². The Hall–Kier alpha value is -3.63. The van der Waals surface area contributed by atoms with Crippen molar-refractivity contribution in [1.29, 1.82) is 0 Å². The lowest BCUT2D eigenvalue weighted by atomic mass is 10.2. The summed E-state index contributed by atoms with van der Waals surface area (Å²) < 4.78 is 33.0. The van der Waals surface area contributed by atoms with E-state index >= 15 is 0 Å². The van der Waals surface area contributed by atoms with Gasteiger partial charge in [0.25, 0.3) is 15.7 Å². The molecule has 3 aromatic rings. The number of aryl methyl sites for hydroxylation is 1. The molecule has 33 heavy (non-hydrogen) atoms. The highest BCUT2D eigenvalue weighted by Crippen LogP contribution is 2.31. The van der Waals surface area contributed by atoms with Crippen molar-refractivity contribution in [3.63, 3.8) is 0 Å². The molecule has 0 saturated heterocycles.